The molecule has 0 aliphatic carbocycles. The molecule has 3 aromatic heterocycles. The third kappa shape index (κ3) is 4.89. The number of nitrogens with one attached hydrogen (secondary N) is 1. The Hall–Kier alpha value is -3.79. The fourth-order valence-electron chi connectivity index (χ4n) is 5.37. The monoisotopic (exact) mass is 533 g/mol. The quantitative estimate of drug-likeness (QED) is 0.388. The maximum atomic E-state index is 15.7. The summed E-state index contributed by atoms with van der Waals surface area (Å²) in [4.78, 5) is 34.1. The molecule has 4 aromatic rings. The molecule has 8 nitrogen and oxygen atoms in total. The largest absolute Gasteiger partial charge is 0.355 e. The van der Waals surface area contributed by atoms with Crippen LogP contribution in [-0.2, 0) is 0 Å². The van der Waals surface area contributed by atoms with E-state index < -0.39 is 17.3 Å². The van der Waals surface area contributed by atoms with Crippen LogP contribution in [0.1, 0.15) is 64.8 Å². The van der Waals surface area contributed by atoms with Gasteiger partial charge in [-0.1, -0.05) is 39.8 Å². The van der Waals surface area contributed by atoms with Crippen LogP contribution in [0.4, 0.5) is 14.6 Å². The predicted molar refractivity (Wildman–Crippen MR) is 149 cm³/mol. The van der Waals surface area contributed by atoms with E-state index in [1.165, 1.54) is 35.2 Å². The average Bonchev–Trinajstić information content (AvgIpc) is 2.87. The Morgan fingerprint density at radius 1 is 0.923 bits per heavy atom. The summed E-state index contributed by atoms with van der Waals surface area (Å²) in [6.07, 6.45) is 1.49. The molecule has 204 valence electrons. The van der Waals surface area contributed by atoms with Crippen LogP contribution in [-0.4, -0.2) is 49.7 Å². The lowest BCUT2D eigenvalue weighted by Crippen LogP contribution is -2.55. The van der Waals surface area contributed by atoms with Crippen molar-refractivity contribution < 1.29 is 8.78 Å². The summed E-state index contributed by atoms with van der Waals surface area (Å²) in [7, 11) is 0. The SMILES string of the molecule is CC1CN(c2nc(=O)n(-c3c(C(C)C)ncnc3C(C)C)c3nc(-c4ccccc4F)c(F)cc23)CC(C)N1. The van der Waals surface area contributed by atoms with Gasteiger partial charge in [-0.05, 0) is 43.9 Å². The summed E-state index contributed by atoms with van der Waals surface area (Å²) in [6.45, 7) is 13.2. The molecule has 2 unspecified atom stereocenters. The molecule has 1 aliphatic heterocycles. The number of nitrogens with zero attached hydrogens (tertiary/aromatic N) is 6. The Labute approximate surface area is 226 Å². The van der Waals surface area contributed by atoms with Crippen LogP contribution in [0.2, 0.25) is 0 Å². The summed E-state index contributed by atoms with van der Waals surface area (Å²) in [5.74, 6) is -1.06. The van der Waals surface area contributed by atoms with E-state index in [4.69, 9.17) is 0 Å². The minimum atomic E-state index is -0.699. The predicted octanol–water partition coefficient (Wildman–Crippen LogP) is 4.95. The van der Waals surface area contributed by atoms with Crippen molar-refractivity contribution in [3.05, 3.63) is 70.2 Å². The molecule has 39 heavy (non-hydrogen) atoms. The standard InChI is InChI=1S/C29H33F2N7O/c1-15(2)23-26(24(16(3)4)33-14-32-23)38-28-20(11-22(31)25(35-28)19-9-7-8-10-21(19)30)27(36-29(38)39)37-12-17(5)34-18(6)13-37/h7-11,14-18,34H,12-13H2,1-6H3. The van der Waals surface area contributed by atoms with E-state index in [0.29, 0.717) is 41.4 Å². The number of hydrogen-bond acceptors (Lipinski definition) is 7. The fraction of sp³-hybridized carbons (Fsp3) is 0.414. The first kappa shape index (κ1) is 26.8. The number of pyridine rings is 1. The molecule has 10 heteroatoms. The van der Waals surface area contributed by atoms with Gasteiger partial charge in [-0.3, -0.25) is 0 Å². The van der Waals surface area contributed by atoms with Gasteiger partial charge in [-0.25, -0.2) is 33.1 Å². The van der Waals surface area contributed by atoms with Gasteiger partial charge in [0.05, 0.1) is 22.5 Å². The first-order valence-corrected chi connectivity index (χ1v) is 13.3. The maximum Gasteiger partial charge on any atom is 0.355 e. The van der Waals surface area contributed by atoms with Gasteiger partial charge in [0.15, 0.2) is 5.65 Å². The molecule has 5 rings (SSSR count). The molecule has 1 fully saturated rings. The zero-order valence-corrected chi connectivity index (χ0v) is 23.0. The third-order valence-electron chi connectivity index (χ3n) is 6.98. The van der Waals surface area contributed by atoms with Crippen LogP contribution in [0.15, 0.2) is 41.5 Å². The highest BCUT2D eigenvalue weighted by Crippen LogP contribution is 2.34. The number of benzene rings is 1. The zero-order valence-electron chi connectivity index (χ0n) is 23.0. The van der Waals surface area contributed by atoms with Crippen LogP contribution in [0.25, 0.3) is 28.0 Å². The highest BCUT2D eigenvalue weighted by molar-refractivity contribution is 5.90. The van der Waals surface area contributed by atoms with E-state index in [0.717, 1.165) is 0 Å². The van der Waals surface area contributed by atoms with Crippen molar-refractivity contribution in [2.45, 2.75) is 65.5 Å². The first-order valence-electron chi connectivity index (χ1n) is 13.3. The van der Waals surface area contributed by atoms with E-state index in [1.54, 1.807) is 6.07 Å². The number of fused-ring (bicyclic) bond motifs is 1. The Morgan fingerprint density at radius 3 is 2.13 bits per heavy atom. The van der Waals surface area contributed by atoms with Gasteiger partial charge in [-0.15, -0.1) is 0 Å². The van der Waals surface area contributed by atoms with Gasteiger partial charge in [0.2, 0.25) is 0 Å². The van der Waals surface area contributed by atoms with Crippen molar-refractivity contribution in [2.75, 3.05) is 18.0 Å². The number of aromatic nitrogens is 5. The summed E-state index contributed by atoms with van der Waals surface area (Å²) >= 11 is 0. The summed E-state index contributed by atoms with van der Waals surface area (Å²) in [5.41, 5.74) is 1.22. The zero-order chi connectivity index (χ0) is 28.0. The average molecular weight is 534 g/mol. The van der Waals surface area contributed by atoms with Gasteiger partial charge in [-0.2, -0.15) is 4.98 Å². The summed E-state index contributed by atoms with van der Waals surface area (Å²) in [5, 5.41) is 3.83. The Balaban J connectivity index is 1.91. The van der Waals surface area contributed by atoms with Gasteiger partial charge < -0.3 is 10.2 Å². The van der Waals surface area contributed by atoms with Crippen molar-refractivity contribution in [1.29, 1.82) is 0 Å². The van der Waals surface area contributed by atoms with E-state index in [2.05, 4.69) is 25.3 Å². The second-order valence-corrected chi connectivity index (χ2v) is 10.9. The molecule has 0 spiro atoms. The smallest absolute Gasteiger partial charge is 0.353 e. The van der Waals surface area contributed by atoms with Crippen molar-refractivity contribution in [1.82, 2.24) is 29.8 Å². The first-order chi connectivity index (χ1) is 18.6. The number of anilines is 1. The molecule has 0 radical (unpaired) electrons. The maximum absolute atomic E-state index is 15.7. The topological polar surface area (TPSA) is 88.8 Å². The minimum absolute atomic E-state index is 0.0103. The van der Waals surface area contributed by atoms with E-state index in [9.17, 15) is 9.18 Å². The molecule has 0 saturated carbocycles. The number of rotatable bonds is 5. The highest BCUT2D eigenvalue weighted by atomic mass is 19.1. The lowest BCUT2D eigenvalue weighted by Gasteiger charge is -2.37. The van der Waals surface area contributed by atoms with Gasteiger partial charge >= 0.3 is 5.69 Å². The molecular formula is C29H33F2N7O. The van der Waals surface area contributed by atoms with Crippen LogP contribution in [0.5, 0.6) is 0 Å². The normalized spacial score (nSPS) is 17.9. The molecule has 1 aromatic carbocycles. The fourth-order valence-corrected chi connectivity index (χ4v) is 5.37. The Bertz CT molecular complexity index is 1560. The van der Waals surface area contributed by atoms with Gasteiger partial charge in [0.1, 0.15) is 29.5 Å². The number of hydrogen-bond donors (Lipinski definition) is 1. The molecule has 0 amide bonds. The third-order valence-corrected chi connectivity index (χ3v) is 6.98. The van der Waals surface area contributed by atoms with E-state index in [-0.39, 0.29) is 40.8 Å². The molecule has 1 N–H and O–H groups in total. The van der Waals surface area contributed by atoms with E-state index in [1.807, 2.05) is 46.4 Å². The summed E-state index contributed by atoms with van der Waals surface area (Å²) < 4.78 is 31.9. The number of piperazine rings is 1. The van der Waals surface area contributed by atoms with Crippen LogP contribution < -0.4 is 15.9 Å². The molecule has 2 atom stereocenters. The van der Waals surface area contributed by atoms with Crippen molar-refractivity contribution in [3.8, 4) is 16.9 Å². The van der Waals surface area contributed by atoms with E-state index >= 15 is 4.39 Å². The lowest BCUT2D eigenvalue weighted by molar-refractivity contribution is 0.405. The van der Waals surface area contributed by atoms with Crippen molar-refractivity contribution in [2.24, 2.45) is 0 Å². The van der Waals surface area contributed by atoms with Crippen molar-refractivity contribution >= 4 is 16.9 Å². The molecule has 0 bridgehead atoms. The minimum Gasteiger partial charge on any atom is -0.353 e. The second kappa shape index (κ2) is 10.4. The highest BCUT2D eigenvalue weighted by Gasteiger charge is 2.29. The Morgan fingerprint density at radius 2 is 1.54 bits per heavy atom. The van der Waals surface area contributed by atoms with Gasteiger partial charge in [0, 0.05) is 30.7 Å². The lowest BCUT2D eigenvalue weighted by atomic mass is 10.0. The molecule has 4 heterocycles. The van der Waals surface area contributed by atoms with Crippen LogP contribution in [0, 0.1) is 11.6 Å². The molecule has 1 saturated heterocycles. The second-order valence-electron chi connectivity index (χ2n) is 10.9. The number of halogens is 2. The Kier molecular flexibility index (Phi) is 7.15. The van der Waals surface area contributed by atoms with Crippen LogP contribution >= 0.6 is 0 Å². The van der Waals surface area contributed by atoms with Crippen LogP contribution in [0.3, 0.4) is 0 Å². The molecular weight excluding hydrogens is 500 g/mol. The summed E-state index contributed by atoms with van der Waals surface area (Å²) in [6, 6.07) is 7.46. The molecule has 1 aliphatic rings. The van der Waals surface area contributed by atoms with Crippen molar-refractivity contribution in [3.63, 3.8) is 0 Å². The van der Waals surface area contributed by atoms with Gasteiger partial charge in [0.25, 0.3) is 0 Å².